The first-order valence-corrected chi connectivity index (χ1v) is 6.84. The SMILES string of the molecule is Cc1cccc(N2CCC(NCCC(=O)O)C2)c1C. The Kier molecular flexibility index (Phi) is 4.43. The van der Waals surface area contributed by atoms with E-state index in [1.165, 1.54) is 16.8 Å². The second-order valence-electron chi connectivity index (χ2n) is 5.25. The molecule has 0 bridgehead atoms. The number of benzene rings is 1. The van der Waals surface area contributed by atoms with Gasteiger partial charge in [0.25, 0.3) is 0 Å². The van der Waals surface area contributed by atoms with Crippen molar-refractivity contribution < 1.29 is 9.90 Å². The highest BCUT2D eigenvalue weighted by atomic mass is 16.4. The molecular formula is C15H22N2O2. The fraction of sp³-hybridized carbons (Fsp3) is 0.533. The van der Waals surface area contributed by atoms with Crippen molar-refractivity contribution in [2.45, 2.75) is 32.7 Å². The normalized spacial score (nSPS) is 18.8. The lowest BCUT2D eigenvalue weighted by atomic mass is 10.1. The Labute approximate surface area is 114 Å². The summed E-state index contributed by atoms with van der Waals surface area (Å²) in [5.41, 5.74) is 3.97. The van der Waals surface area contributed by atoms with E-state index in [9.17, 15) is 4.79 Å². The third-order valence-electron chi connectivity index (χ3n) is 3.88. The summed E-state index contributed by atoms with van der Waals surface area (Å²) in [5, 5.41) is 12.0. The summed E-state index contributed by atoms with van der Waals surface area (Å²) in [7, 11) is 0. The molecule has 1 unspecified atom stereocenters. The van der Waals surface area contributed by atoms with Crippen molar-refractivity contribution in [3.8, 4) is 0 Å². The average Bonchev–Trinajstić information content (AvgIpc) is 2.81. The molecule has 0 saturated carbocycles. The number of aliphatic carboxylic acids is 1. The highest BCUT2D eigenvalue weighted by molar-refractivity contribution is 5.66. The van der Waals surface area contributed by atoms with E-state index in [-0.39, 0.29) is 6.42 Å². The van der Waals surface area contributed by atoms with Gasteiger partial charge in [-0.25, -0.2) is 0 Å². The number of aryl methyl sites for hydroxylation is 1. The zero-order chi connectivity index (χ0) is 13.8. The standard InChI is InChI=1S/C15H22N2O2/c1-11-4-3-5-14(12(11)2)17-9-7-13(10-17)16-8-6-15(18)19/h3-5,13,16H,6-10H2,1-2H3,(H,18,19). The molecular weight excluding hydrogens is 240 g/mol. The highest BCUT2D eigenvalue weighted by Gasteiger charge is 2.23. The quantitative estimate of drug-likeness (QED) is 0.851. The maximum absolute atomic E-state index is 10.5. The second-order valence-corrected chi connectivity index (χ2v) is 5.25. The van der Waals surface area contributed by atoms with Crippen molar-refractivity contribution in [2.24, 2.45) is 0 Å². The number of nitrogens with one attached hydrogen (secondary N) is 1. The van der Waals surface area contributed by atoms with E-state index >= 15 is 0 Å². The summed E-state index contributed by atoms with van der Waals surface area (Å²) in [6, 6.07) is 6.81. The predicted molar refractivity (Wildman–Crippen MR) is 76.8 cm³/mol. The van der Waals surface area contributed by atoms with Crippen LogP contribution in [0.2, 0.25) is 0 Å². The number of carboxylic acid groups (broad SMARTS) is 1. The van der Waals surface area contributed by atoms with Crippen LogP contribution in [0.3, 0.4) is 0 Å². The molecule has 0 radical (unpaired) electrons. The molecule has 0 aliphatic carbocycles. The molecule has 0 spiro atoms. The number of carboxylic acids is 1. The highest BCUT2D eigenvalue weighted by Crippen LogP contribution is 2.26. The molecule has 1 aromatic rings. The third-order valence-corrected chi connectivity index (χ3v) is 3.88. The molecule has 4 nitrogen and oxygen atoms in total. The largest absolute Gasteiger partial charge is 0.481 e. The number of hydrogen-bond acceptors (Lipinski definition) is 3. The molecule has 19 heavy (non-hydrogen) atoms. The smallest absolute Gasteiger partial charge is 0.304 e. The number of hydrogen-bond donors (Lipinski definition) is 2. The average molecular weight is 262 g/mol. The molecule has 1 saturated heterocycles. The van der Waals surface area contributed by atoms with Gasteiger partial charge in [-0.15, -0.1) is 0 Å². The monoisotopic (exact) mass is 262 g/mol. The molecule has 0 aromatic heterocycles. The van der Waals surface area contributed by atoms with Crippen LogP contribution in [0.4, 0.5) is 5.69 Å². The van der Waals surface area contributed by atoms with Gasteiger partial charge in [0.05, 0.1) is 6.42 Å². The van der Waals surface area contributed by atoms with E-state index in [1.807, 2.05) is 0 Å². The summed E-state index contributed by atoms with van der Waals surface area (Å²) in [6.07, 6.45) is 1.27. The van der Waals surface area contributed by atoms with Crippen LogP contribution in [-0.2, 0) is 4.79 Å². The Balaban J connectivity index is 1.91. The lowest BCUT2D eigenvalue weighted by Gasteiger charge is -2.22. The topological polar surface area (TPSA) is 52.6 Å². The van der Waals surface area contributed by atoms with Gasteiger partial charge in [-0.3, -0.25) is 4.79 Å². The van der Waals surface area contributed by atoms with E-state index in [1.54, 1.807) is 0 Å². The molecule has 1 aromatic carbocycles. The Hall–Kier alpha value is -1.55. The van der Waals surface area contributed by atoms with Crippen LogP contribution in [0.5, 0.6) is 0 Å². The van der Waals surface area contributed by atoms with Crippen LogP contribution < -0.4 is 10.2 Å². The van der Waals surface area contributed by atoms with Gasteiger partial charge in [-0.05, 0) is 37.5 Å². The molecule has 104 valence electrons. The molecule has 2 rings (SSSR count). The zero-order valence-corrected chi connectivity index (χ0v) is 11.6. The van der Waals surface area contributed by atoms with E-state index < -0.39 is 5.97 Å². The van der Waals surface area contributed by atoms with Crippen LogP contribution in [0.25, 0.3) is 0 Å². The van der Waals surface area contributed by atoms with Gasteiger partial charge in [0.2, 0.25) is 0 Å². The Morgan fingerprint density at radius 2 is 2.26 bits per heavy atom. The first-order chi connectivity index (χ1) is 9.08. The summed E-state index contributed by atoms with van der Waals surface area (Å²) >= 11 is 0. The van der Waals surface area contributed by atoms with Crippen molar-refractivity contribution in [3.63, 3.8) is 0 Å². The molecule has 2 N–H and O–H groups in total. The summed E-state index contributed by atoms with van der Waals surface area (Å²) in [4.78, 5) is 12.9. The molecule has 1 atom stereocenters. The van der Waals surface area contributed by atoms with E-state index in [0.29, 0.717) is 12.6 Å². The lowest BCUT2D eigenvalue weighted by Crippen LogP contribution is -2.34. The first kappa shape index (κ1) is 13.9. The molecule has 0 amide bonds. The van der Waals surface area contributed by atoms with Gasteiger partial charge in [-0.2, -0.15) is 0 Å². The van der Waals surface area contributed by atoms with Crippen molar-refractivity contribution in [1.82, 2.24) is 5.32 Å². The first-order valence-electron chi connectivity index (χ1n) is 6.84. The Morgan fingerprint density at radius 3 is 3.00 bits per heavy atom. The van der Waals surface area contributed by atoms with Gasteiger partial charge in [0.1, 0.15) is 0 Å². The fourth-order valence-corrected chi connectivity index (χ4v) is 2.61. The van der Waals surface area contributed by atoms with Crippen molar-refractivity contribution in [1.29, 1.82) is 0 Å². The molecule has 1 heterocycles. The number of nitrogens with zero attached hydrogens (tertiary/aromatic N) is 1. The Morgan fingerprint density at radius 1 is 1.47 bits per heavy atom. The van der Waals surface area contributed by atoms with Gasteiger partial charge in [-0.1, -0.05) is 12.1 Å². The molecule has 4 heteroatoms. The summed E-state index contributed by atoms with van der Waals surface area (Å²) in [5.74, 6) is -0.739. The zero-order valence-electron chi connectivity index (χ0n) is 11.6. The minimum absolute atomic E-state index is 0.194. The maximum atomic E-state index is 10.5. The maximum Gasteiger partial charge on any atom is 0.304 e. The minimum Gasteiger partial charge on any atom is -0.481 e. The predicted octanol–water partition coefficient (Wildman–Crippen LogP) is 1.95. The van der Waals surface area contributed by atoms with Crippen molar-refractivity contribution in [2.75, 3.05) is 24.5 Å². The Bertz CT molecular complexity index is 459. The van der Waals surface area contributed by atoms with Crippen LogP contribution in [0, 0.1) is 13.8 Å². The van der Waals surface area contributed by atoms with Crippen molar-refractivity contribution in [3.05, 3.63) is 29.3 Å². The summed E-state index contributed by atoms with van der Waals surface area (Å²) in [6.45, 7) is 6.85. The van der Waals surface area contributed by atoms with Gasteiger partial charge < -0.3 is 15.3 Å². The molecule has 1 aliphatic heterocycles. The van der Waals surface area contributed by atoms with Crippen LogP contribution in [0.15, 0.2) is 18.2 Å². The van der Waals surface area contributed by atoms with Crippen LogP contribution >= 0.6 is 0 Å². The third kappa shape index (κ3) is 3.47. The van der Waals surface area contributed by atoms with Gasteiger partial charge in [0.15, 0.2) is 0 Å². The van der Waals surface area contributed by atoms with Gasteiger partial charge >= 0.3 is 5.97 Å². The number of rotatable bonds is 5. The van der Waals surface area contributed by atoms with Crippen molar-refractivity contribution >= 4 is 11.7 Å². The summed E-state index contributed by atoms with van der Waals surface area (Å²) < 4.78 is 0. The van der Waals surface area contributed by atoms with Gasteiger partial charge in [0, 0.05) is 31.4 Å². The number of anilines is 1. The van der Waals surface area contributed by atoms with E-state index in [0.717, 1.165) is 19.5 Å². The lowest BCUT2D eigenvalue weighted by molar-refractivity contribution is -0.136. The minimum atomic E-state index is -0.739. The molecule has 1 fully saturated rings. The van der Waals surface area contributed by atoms with Crippen LogP contribution in [0.1, 0.15) is 24.0 Å². The van der Waals surface area contributed by atoms with E-state index in [4.69, 9.17) is 5.11 Å². The second kappa shape index (κ2) is 6.06. The fourth-order valence-electron chi connectivity index (χ4n) is 2.61. The van der Waals surface area contributed by atoms with Crippen LogP contribution in [-0.4, -0.2) is 36.8 Å². The van der Waals surface area contributed by atoms with E-state index in [2.05, 4.69) is 42.3 Å². The number of carbonyl (C=O) groups is 1. The molecule has 1 aliphatic rings.